The number of anilines is 5. The molecule has 41 heteroatoms. The zero-order valence-electron chi connectivity index (χ0n) is 79.5. The first-order valence-corrected chi connectivity index (χ1v) is 47.5. The standard InChI is InChI=1S/2C21H22FN5O2.C20H19ClFN5O2.2C20H20FN5O2/c2*1-12-11-28-19-10-27-20-17(8-24-27)14(3)23-7-13(2)29-18-5-4-16(22)6-15(18)9-26(12)21(19)25-20;1-11-7-23-12(2)13-8-24-27-10-17-20(25-19(13)27)26(5-6-28-17)9-14-16(29-11)4-3-15(22)18(14)21;2*1-12-11-28-18-10-26-19-16(8-23-26)13(2)22-5-6-27-17-4-3-15(21)7-14(17)9-25(12)20(18)24-19/h2*4-6,8,10,12-13,23H,3,7,9,11H2,1-2H3;3-4,8,10-11,23H,2,5-7,9H2,1H3;2*3-4,7-8,10,12,22H,2,5-6,9,11H2,1H3/t12-,13+;12-,13-;11-;2*12-/m10010/s1. The van der Waals surface area contributed by atoms with Crippen molar-refractivity contribution < 1.29 is 69.3 Å². The number of fused-ring (bicyclic) bond motifs is 5. The summed E-state index contributed by atoms with van der Waals surface area (Å²) in [7, 11) is 0. The van der Waals surface area contributed by atoms with E-state index in [9.17, 15) is 22.0 Å². The van der Waals surface area contributed by atoms with Crippen LogP contribution in [-0.4, -0.2) is 201 Å². The molecule has 0 aliphatic carbocycles. The highest BCUT2D eigenvalue weighted by atomic mass is 35.5. The van der Waals surface area contributed by atoms with Crippen LogP contribution in [0.2, 0.25) is 5.02 Å². The highest BCUT2D eigenvalue weighted by molar-refractivity contribution is 6.31. The molecular weight excluding hydrogens is 1870 g/mol. The smallest absolute Gasteiger partial charge is 0.180 e. The Balaban J connectivity index is 0.000000106. The molecule has 0 saturated heterocycles. The summed E-state index contributed by atoms with van der Waals surface area (Å²) in [6.45, 7) is 43.6. The molecule has 7 atom stereocenters. The molecule has 0 unspecified atom stereocenters. The molecule has 15 aromatic rings. The molecule has 10 aromatic heterocycles. The zero-order valence-corrected chi connectivity index (χ0v) is 80.2. The van der Waals surface area contributed by atoms with E-state index >= 15 is 0 Å². The third-order valence-electron chi connectivity index (χ3n) is 26.0. The minimum Gasteiger partial charge on any atom is -0.491 e. The normalized spacial score (nSPS) is 19.9. The van der Waals surface area contributed by atoms with Crippen LogP contribution in [0.15, 0.2) is 180 Å². The third kappa shape index (κ3) is 18.7. The zero-order chi connectivity index (χ0) is 98.9. The molecule has 0 radical (unpaired) electrons. The molecule has 5 N–H and O–H groups in total. The average molecular weight is 1970 g/mol. The van der Waals surface area contributed by atoms with Crippen molar-refractivity contribution in [2.45, 2.75) is 124 Å². The van der Waals surface area contributed by atoms with Crippen molar-refractivity contribution in [1.29, 1.82) is 0 Å². The van der Waals surface area contributed by atoms with Gasteiger partial charge in [0, 0.05) is 102 Å². The molecule has 5 aromatic carbocycles. The molecule has 738 valence electrons. The molecule has 0 saturated carbocycles. The fraction of sp³-hybridized carbons (Fsp3) is 0.314. The van der Waals surface area contributed by atoms with Gasteiger partial charge in [-0.05, 0) is 133 Å². The van der Waals surface area contributed by atoms with Gasteiger partial charge < -0.3 is 98.5 Å². The summed E-state index contributed by atoms with van der Waals surface area (Å²) in [5.41, 5.74) is 14.8. The van der Waals surface area contributed by atoms with E-state index in [1.165, 1.54) is 54.6 Å². The Bertz CT molecular complexity index is 7190. The van der Waals surface area contributed by atoms with Crippen molar-refractivity contribution >= 4 is 97.4 Å². The van der Waals surface area contributed by atoms with Gasteiger partial charge in [0.25, 0.3) is 0 Å². The third-order valence-corrected chi connectivity index (χ3v) is 26.4. The van der Waals surface area contributed by atoms with Crippen molar-refractivity contribution in [2.75, 3.05) is 110 Å². The first kappa shape index (κ1) is 93.2. The molecule has 20 heterocycles. The number of hydrogen-bond donors (Lipinski definition) is 5. The summed E-state index contributed by atoms with van der Waals surface area (Å²) in [4.78, 5) is 34.7. The predicted molar refractivity (Wildman–Crippen MR) is 529 cm³/mol. The summed E-state index contributed by atoms with van der Waals surface area (Å²) in [5, 5.41) is 38.4. The van der Waals surface area contributed by atoms with Crippen molar-refractivity contribution in [3.63, 3.8) is 0 Å². The monoisotopic (exact) mass is 1970 g/mol. The highest BCUT2D eigenvalue weighted by Gasteiger charge is 2.37. The number of rotatable bonds is 0. The van der Waals surface area contributed by atoms with Crippen LogP contribution in [0.4, 0.5) is 51.0 Å². The quantitative estimate of drug-likeness (QED) is 0.0881. The Kier molecular flexibility index (Phi) is 25.3. The van der Waals surface area contributed by atoms with Crippen LogP contribution in [0.5, 0.6) is 57.5 Å². The maximum atomic E-state index is 14.2. The van der Waals surface area contributed by atoms with E-state index in [-0.39, 0.29) is 70.8 Å². The number of benzene rings is 5. The van der Waals surface area contributed by atoms with Gasteiger partial charge in [0.2, 0.25) is 0 Å². The molecule has 10 aliphatic rings. The second kappa shape index (κ2) is 38.8. The first-order valence-electron chi connectivity index (χ1n) is 47.1. The Morgan fingerprint density at radius 2 is 0.601 bits per heavy atom. The summed E-state index contributed by atoms with van der Waals surface area (Å²) in [5.74, 6) is 8.20. The van der Waals surface area contributed by atoms with E-state index in [1.54, 1.807) is 90.1 Å². The minimum absolute atomic E-state index is 0.0566. The second-order valence-electron chi connectivity index (χ2n) is 36.4. The molecule has 143 heavy (non-hydrogen) atoms. The summed E-state index contributed by atoms with van der Waals surface area (Å²) in [6, 6.07) is 21.7. The number of aromatic nitrogens is 15. The molecule has 25 rings (SSSR count). The van der Waals surface area contributed by atoms with Gasteiger partial charge in [-0.3, -0.25) is 0 Å². The van der Waals surface area contributed by atoms with Crippen LogP contribution in [0.1, 0.15) is 104 Å². The van der Waals surface area contributed by atoms with Gasteiger partial charge in [0.05, 0.1) is 145 Å². The summed E-state index contributed by atoms with van der Waals surface area (Å²) >= 11 is 6.34. The number of nitrogens with one attached hydrogen (secondary N) is 5. The topological polar surface area (TPSA) is 320 Å². The van der Waals surface area contributed by atoms with Crippen LogP contribution in [0, 0.1) is 29.1 Å². The Labute approximate surface area is 822 Å². The van der Waals surface area contributed by atoms with Gasteiger partial charge in [0.15, 0.2) is 86.1 Å². The van der Waals surface area contributed by atoms with E-state index in [2.05, 4.69) is 132 Å². The van der Waals surface area contributed by atoms with Gasteiger partial charge in [0.1, 0.15) is 122 Å². The van der Waals surface area contributed by atoms with E-state index in [1.807, 2.05) is 50.5 Å². The maximum Gasteiger partial charge on any atom is 0.180 e. The molecule has 10 aliphatic heterocycles. The van der Waals surface area contributed by atoms with Crippen LogP contribution in [0.3, 0.4) is 0 Å². The van der Waals surface area contributed by atoms with Crippen molar-refractivity contribution in [3.05, 3.63) is 270 Å². The van der Waals surface area contributed by atoms with Crippen molar-refractivity contribution in [3.8, 4) is 57.5 Å². The molecule has 10 bridgehead atoms. The van der Waals surface area contributed by atoms with Gasteiger partial charge in [-0.15, -0.1) is 0 Å². The Morgan fingerprint density at radius 1 is 0.322 bits per heavy atom. The summed E-state index contributed by atoms with van der Waals surface area (Å²) in [6.07, 6.45) is 17.3. The van der Waals surface area contributed by atoms with Crippen LogP contribution >= 0.6 is 11.6 Å². The fourth-order valence-corrected chi connectivity index (χ4v) is 18.5. The lowest BCUT2D eigenvalue weighted by molar-refractivity contribution is 0.219. The van der Waals surface area contributed by atoms with Crippen molar-refractivity contribution in [1.82, 2.24) is 99.6 Å². The van der Waals surface area contributed by atoms with Gasteiger partial charge >= 0.3 is 0 Å². The van der Waals surface area contributed by atoms with E-state index in [0.717, 1.165) is 72.9 Å². The lowest BCUT2D eigenvalue weighted by Gasteiger charge is -2.36. The largest absolute Gasteiger partial charge is 0.491 e. The molecule has 0 fully saturated rings. The Morgan fingerprint density at radius 3 is 0.937 bits per heavy atom. The molecule has 0 amide bonds. The summed E-state index contributed by atoms with van der Waals surface area (Å²) < 4.78 is 138. The van der Waals surface area contributed by atoms with Crippen molar-refractivity contribution in [2.24, 2.45) is 0 Å². The predicted octanol–water partition coefficient (Wildman–Crippen LogP) is 14.5. The van der Waals surface area contributed by atoms with Gasteiger partial charge in [-0.25, -0.2) is 69.4 Å². The fourth-order valence-electron chi connectivity index (χ4n) is 18.3. The van der Waals surface area contributed by atoms with E-state index in [0.29, 0.717) is 244 Å². The SMILES string of the molecule is C=C1NCCOc2ccc(F)cc2CN2c3nc4c1cnn4cc3OC[C@@H]2C.C=C1NCCOc2ccc(F)cc2CN2c3nc4c1cnn4cc3OC[C@H]2C.C=C1NC[C@H](C)Oc2ccc(F)c(Cl)c2CN2CCOc3cn4ncc1c4nc32.C=C1NC[C@H](C)Oc2ccc(F)cc2CN2c3nc4c1cnn4cc3OC[C@@H]2C.C=C1NC[C@H](C)Oc2ccc(F)cc2CN2c3nc4c1cnn4cc3OC[C@H]2C. The first-order chi connectivity index (χ1) is 69.2. The van der Waals surface area contributed by atoms with E-state index in [4.69, 9.17) is 83.9 Å². The molecule has 35 nitrogen and oxygen atoms in total. The molecular formula is C102H103ClF5N25O10. The maximum absolute atomic E-state index is 14.2. The van der Waals surface area contributed by atoms with Gasteiger partial charge in [-0.2, -0.15) is 25.5 Å². The number of hydrogen-bond acceptors (Lipinski definition) is 30. The lowest BCUT2D eigenvalue weighted by atomic mass is 10.1. The van der Waals surface area contributed by atoms with Gasteiger partial charge in [-0.1, -0.05) is 44.5 Å². The number of halogens is 6. The number of ether oxygens (including phenoxy) is 10. The van der Waals surface area contributed by atoms with E-state index < -0.39 is 5.82 Å². The highest BCUT2D eigenvalue weighted by Crippen LogP contribution is 2.45. The number of nitrogens with zero attached hydrogens (tertiary/aromatic N) is 20. The minimum atomic E-state index is -0.479. The second-order valence-corrected chi connectivity index (χ2v) is 36.8. The Hall–Kier alpha value is -16.2. The lowest BCUT2D eigenvalue weighted by Crippen LogP contribution is -2.41. The van der Waals surface area contributed by atoms with Crippen LogP contribution in [-0.2, 0) is 32.7 Å². The average Bonchev–Trinajstić information content (AvgIpc) is 1.63. The molecule has 0 spiro atoms. The van der Waals surface area contributed by atoms with Crippen LogP contribution < -0.4 is 98.5 Å². The van der Waals surface area contributed by atoms with Crippen LogP contribution in [0.25, 0.3) is 56.7 Å².